The second-order valence-electron chi connectivity index (χ2n) is 3.32. The quantitative estimate of drug-likeness (QED) is 0.359. The van der Waals surface area contributed by atoms with Crippen LogP contribution in [0.5, 0.6) is 0 Å². The van der Waals surface area contributed by atoms with Gasteiger partial charge in [-0.2, -0.15) is 11.8 Å². The lowest BCUT2D eigenvalue weighted by molar-refractivity contribution is 1.10. The molecule has 16 heavy (non-hydrogen) atoms. The summed E-state index contributed by atoms with van der Waals surface area (Å²) < 4.78 is 0. The maximum absolute atomic E-state index is 3.74. The molecule has 3 heteroatoms. The topological polar surface area (TPSA) is 0 Å². The van der Waals surface area contributed by atoms with Crippen LogP contribution in [-0.4, -0.2) is 11.5 Å². The smallest absolute Gasteiger partial charge is 0.0223 e. The Kier molecular flexibility index (Phi) is 7.99. The van der Waals surface area contributed by atoms with Gasteiger partial charge < -0.3 is 0 Å². The Hall–Kier alpha value is 0.01000. The maximum atomic E-state index is 3.74. The summed E-state index contributed by atoms with van der Waals surface area (Å²) in [5.41, 5.74) is 1.46. The van der Waals surface area contributed by atoms with E-state index in [0.29, 0.717) is 0 Å². The van der Waals surface area contributed by atoms with E-state index in [2.05, 4.69) is 37.8 Å². The first-order chi connectivity index (χ1) is 7.88. The van der Waals surface area contributed by atoms with Crippen molar-refractivity contribution in [2.24, 2.45) is 0 Å². The third-order valence-electron chi connectivity index (χ3n) is 1.91. The van der Waals surface area contributed by atoms with Crippen molar-refractivity contribution in [1.82, 2.24) is 0 Å². The van der Waals surface area contributed by atoms with Gasteiger partial charge in [-0.25, -0.2) is 0 Å². The molecule has 0 spiro atoms. The molecule has 0 aliphatic carbocycles. The van der Waals surface area contributed by atoms with Crippen molar-refractivity contribution in [3.05, 3.63) is 42.5 Å². The number of thioether (sulfide) groups is 1. The van der Waals surface area contributed by atoms with Crippen LogP contribution >= 0.6 is 33.3 Å². The lowest BCUT2D eigenvalue weighted by Gasteiger charge is -2.07. The van der Waals surface area contributed by atoms with Gasteiger partial charge >= 0.3 is 0 Å². The summed E-state index contributed by atoms with van der Waals surface area (Å²) in [6, 6.07) is 8.69. The fourth-order valence-corrected chi connectivity index (χ4v) is 4.21. The SMILES string of the molecule is C=CCSSc1ccccc1CSCCC. The summed E-state index contributed by atoms with van der Waals surface area (Å²) in [6.07, 6.45) is 3.21. The van der Waals surface area contributed by atoms with E-state index in [1.165, 1.54) is 22.6 Å². The Balaban J connectivity index is 2.49. The first kappa shape index (κ1) is 14.1. The van der Waals surface area contributed by atoms with Crippen LogP contribution in [-0.2, 0) is 5.75 Å². The molecule has 0 atom stereocenters. The highest BCUT2D eigenvalue weighted by Gasteiger charge is 2.02. The predicted octanol–water partition coefficient (Wildman–Crippen LogP) is 5.26. The molecular weight excluding hydrogens is 252 g/mol. The van der Waals surface area contributed by atoms with Crippen LogP contribution in [0, 0.1) is 0 Å². The highest BCUT2D eigenvalue weighted by atomic mass is 33.1. The van der Waals surface area contributed by atoms with Gasteiger partial charge in [0.1, 0.15) is 0 Å². The molecule has 0 radical (unpaired) electrons. The summed E-state index contributed by atoms with van der Waals surface area (Å²) in [6.45, 7) is 5.97. The molecule has 1 rings (SSSR count). The largest absolute Gasteiger partial charge is 0.157 e. The minimum atomic E-state index is 1.00. The van der Waals surface area contributed by atoms with Crippen LogP contribution in [0.1, 0.15) is 18.9 Å². The normalized spacial score (nSPS) is 10.3. The summed E-state index contributed by atoms with van der Waals surface area (Å²) in [5, 5.41) is 0. The molecular formula is C13H18S3. The number of rotatable bonds is 8. The molecule has 0 saturated heterocycles. The highest BCUT2D eigenvalue weighted by Crippen LogP contribution is 2.34. The molecule has 0 amide bonds. The van der Waals surface area contributed by atoms with Crippen LogP contribution in [0.25, 0.3) is 0 Å². The van der Waals surface area contributed by atoms with Crippen LogP contribution in [0.3, 0.4) is 0 Å². The zero-order chi connectivity index (χ0) is 11.6. The lowest BCUT2D eigenvalue weighted by atomic mass is 10.2. The molecule has 0 aliphatic heterocycles. The average molecular weight is 270 g/mol. The van der Waals surface area contributed by atoms with Gasteiger partial charge in [0.2, 0.25) is 0 Å². The van der Waals surface area contributed by atoms with Gasteiger partial charge in [0, 0.05) is 16.4 Å². The minimum Gasteiger partial charge on any atom is -0.157 e. The van der Waals surface area contributed by atoms with Crippen LogP contribution in [0.2, 0.25) is 0 Å². The van der Waals surface area contributed by atoms with E-state index < -0.39 is 0 Å². The van der Waals surface area contributed by atoms with Crippen LogP contribution < -0.4 is 0 Å². The molecule has 0 fully saturated rings. The molecule has 0 unspecified atom stereocenters. The van der Waals surface area contributed by atoms with Crippen molar-refractivity contribution in [2.45, 2.75) is 24.0 Å². The van der Waals surface area contributed by atoms with E-state index in [4.69, 9.17) is 0 Å². The fourth-order valence-electron chi connectivity index (χ4n) is 1.18. The van der Waals surface area contributed by atoms with E-state index in [1.54, 1.807) is 0 Å². The van der Waals surface area contributed by atoms with Gasteiger partial charge in [0.05, 0.1) is 0 Å². The monoisotopic (exact) mass is 270 g/mol. The second kappa shape index (κ2) is 9.08. The molecule has 1 aromatic carbocycles. The first-order valence-electron chi connectivity index (χ1n) is 5.44. The van der Waals surface area contributed by atoms with E-state index in [1.807, 2.05) is 39.4 Å². The Morgan fingerprint density at radius 1 is 1.31 bits per heavy atom. The molecule has 1 aromatic rings. The Bertz CT molecular complexity index is 310. The molecule has 0 heterocycles. The van der Waals surface area contributed by atoms with E-state index in [-0.39, 0.29) is 0 Å². The summed E-state index contributed by atoms with van der Waals surface area (Å²) in [4.78, 5) is 1.40. The molecule has 0 aromatic heterocycles. The van der Waals surface area contributed by atoms with Crippen LogP contribution in [0.4, 0.5) is 0 Å². The zero-order valence-corrected chi connectivity index (χ0v) is 12.1. The van der Waals surface area contributed by atoms with E-state index in [9.17, 15) is 0 Å². The Labute approximate surface area is 111 Å². The zero-order valence-electron chi connectivity index (χ0n) is 9.65. The molecule has 0 nitrogen and oxygen atoms in total. The van der Waals surface area contributed by atoms with Gasteiger partial charge in [-0.3, -0.25) is 0 Å². The molecule has 0 saturated carbocycles. The van der Waals surface area contributed by atoms with E-state index in [0.717, 1.165) is 11.5 Å². The van der Waals surface area contributed by atoms with Gasteiger partial charge in [-0.1, -0.05) is 52.8 Å². The van der Waals surface area contributed by atoms with Crippen molar-refractivity contribution in [2.75, 3.05) is 11.5 Å². The van der Waals surface area contributed by atoms with Crippen molar-refractivity contribution >= 4 is 33.3 Å². The number of hydrogen-bond donors (Lipinski definition) is 0. The first-order valence-corrected chi connectivity index (χ1v) is 8.91. The van der Waals surface area contributed by atoms with Gasteiger partial charge in [0.15, 0.2) is 0 Å². The van der Waals surface area contributed by atoms with Gasteiger partial charge in [0.25, 0.3) is 0 Å². The Morgan fingerprint density at radius 3 is 2.88 bits per heavy atom. The van der Waals surface area contributed by atoms with Crippen molar-refractivity contribution in [1.29, 1.82) is 0 Å². The van der Waals surface area contributed by atoms with Crippen molar-refractivity contribution in [3.8, 4) is 0 Å². The third-order valence-corrected chi connectivity index (χ3v) is 5.49. The van der Waals surface area contributed by atoms with Crippen molar-refractivity contribution < 1.29 is 0 Å². The number of hydrogen-bond acceptors (Lipinski definition) is 3. The molecule has 0 aliphatic rings. The van der Waals surface area contributed by atoms with Gasteiger partial charge in [-0.05, 0) is 23.8 Å². The Morgan fingerprint density at radius 2 is 2.12 bits per heavy atom. The predicted molar refractivity (Wildman–Crippen MR) is 81.4 cm³/mol. The summed E-state index contributed by atoms with van der Waals surface area (Å²) in [5.74, 6) is 3.38. The highest BCUT2D eigenvalue weighted by molar-refractivity contribution is 8.76. The summed E-state index contributed by atoms with van der Waals surface area (Å²) in [7, 11) is 3.71. The average Bonchev–Trinajstić information content (AvgIpc) is 2.32. The standard InChI is InChI=1S/C13H18S3/c1-3-9-14-11-12-7-5-6-8-13(12)16-15-10-4-2/h4-8H,2-3,9-11H2,1H3. The molecule has 0 N–H and O–H groups in total. The van der Waals surface area contributed by atoms with Gasteiger partial charge in [-0.15, -0.1) is 6.58 Å². The van der Waals surface area contributed by atoms with Crippen LogP contribution in [0.15, 0.2) is 41.8 Å². The fraction of sp³-hybridized carbons (Fsp3) is 0.385. The van der Waals surface area contributed by atoms with Crippen molar-refractivity contribution in [3.63, 3.8) is 0 Å². The second-order valence-corrected chi connectivity index (χ2v) is 6.80. The minimum absolute atomic E-state index is 1.00. The molecule has 0 bridgehead atoms. The third kappa shape index (κ3) is 5.37. The number of benzene rings is 1. The van der Waals surface area contributed by atoms with E-state index >= 15 is 0 Å². The summed E-state index contributed by atoms with van der Waals surface area (Å²) >= 11 is 2.02. The lowest BCUT2D eigenvalue weighted by Crippen LogP contribution is -1.85. The molecule has 88 valence electrons. The maximum Gasteiger partial charge on any atom is 0.0223 e.